The lowest BCUT2D eigenvalue weighted by molar-refractivity contribution is 0.281. The lowest BCUT2D eigenvalue weighted by atomic mass is 10.2. The van der Waals surface area contributed by atoms with Crippen LogP contribution in [0.2, 0.25) is 13.1 Å². The molecule has 1 N–H and O–H groups in total. The van der Waals surface area contributed by atoms with Crippen molar-refractivity contribution in [3.8, 4) is 11.5 Å². The average Bonchev–Trinajstić information content (AvgIpc) is 2.53. The number of aliphatic hydroxyl groups excluding tert-OH is 1. The first-order chi connectivity index (χ1) is 10.6. The molecule has 0 bridgehead atoms. The van der Waals surface area contributed by atoms with Gasteiger partial charge in [-0.05, 0) is 23.2 Å². The molecule has 0 saturated heterocycles. The Morgan fingerprint density at radius 1 is 1.00 bits per heavy atom. The summed E-state index contributed by atoms with van der Waals surface area (Å²) in [6.45, 7) is 4.47. The minimum atomic E-state index is -1.67. The van der Waals surface area contributed by atoms with E-state index < -0.39 is 14.2 Å². The molecule has 0 aliphatic carbocycles. The predicted molar refractivity (Wildman–Crippen MR) is 96.9 cm³/mol. The Bertz CT molecular complexity index is 663. The molecular weight excluding hydrogens is 284 g/mol. The molecule has 1 nitrogen and oxygen atoms in total. The zero-order valence-electron chi connectivity index (χ0n) is 13.2. The lowest BCUT2D eigenvalue weighted by Gasteiger charge is -2.14. The molecule has 1 atom stereocenters. The van der Waals surface area contributed by atoms with Crippen LogP contribution in [-0.2, 0) is 6.04 Å². The fourth-order valence-electron chi connectivity index (χ4n) is 2.23. The molecule has 0 saturated carbocycles. The average molecular weight is 306 g/mol. The van der Waals surface area contributed by atoms with Crippen molar-refractivity contribution in [3.05, 3.63) is 77.9 Å². The second-order valence-corrected chi connectivity index (χ2v) is 10.4. The standard InChI is InChI=1S/C20H22OSi/c1-22(2,17-19-11-7-4-8-12-19)16-15-20(21)14-13-18-9-5-3-6-10-18/h3-14,20-21H,17H2,1-2H3/b14-13+/t20-/m1/s1. The van der Waals surface area contributed by atoms with Crippen molar-refractivity contribution >= 4 is 14.1 Å². The van der Waals surface area contributed by atoms with Crippen LogP contribution in [0, 0.1) is 11.5 Å². The van der Waals surface area contributed by atoms with Gasteiger partial charge >= 0.3 is 0 Å². The van der Waals surface area contributed by atoms with Crippen LogP contribution in [0.1, 0.15) is 11.1 Å². The SMILES string of the molecule is C[Si](C)(C#C[C@H](O)/C=C/c1ccccc1)Cc1ccccc1. The van der Waals surface area contributed by atoms with E-state index in [1.807, 2.05) is 42.5 Å². The van der Waals surface area contributed by atoms with Gasteiger partial charge in [0.1, 0.15) is 14.2 Å². The third-order valence-corrected chi connectivity index (χ3v) is 5.43. The van der Waals surface area contributed by atoms with Gasteiger partial charge in [0.05, 0.1) is 0 Å². The van der Waals surface area contributed by atoms with Crippen LogP contribution in [0.3, 0.4) is 0 Å². The molecule has 0 aliphatic rings. The van der Waals surface area contributed by atoms with Crippen LogP contribution in [-0.4, -0.2) is 19.3 Å². The minimum Gasteiger partial charge on any atom is -0.377 e. The largest absolute Gasteiger partial charge is 0.377 e. The molecular formula is C20H22OSi. The fourth-order valence-corrected chi connectivity index (χ4v) is 4.12. The van der Waals surface area contributed by atoms with Crippen molar-refractivity contribution in [1.82, 2.24) is 0 Å². The molecule has 0 radical (unpaired) electrons. The summed E-state index contributed by atoms with van der Waals surface area (Å²) in [5, 5.41) is 10.0. The first-order valence-corrected chi connectivity index (χ1v) is 10.7. The van der Waals surface area contributed by atoms with Gasteiger partial charge in [0, 0.05) is 0 Å². The summed E-state index contributed by atoms with van der Waals surface area (Å²) in [7, 11) is -1.67. The Morgan fingerprint density at radius 2 is 1.59 bits per heavy atom. The monoisotopic (exact) mass is 306 g/mol. The van der Waals surface area contributed by atoms with E-state index in [0.717, 1.165) is 11.6 Å². The molecule has 0 unspecified atom stereocenters. The highest BCUT2D eigenvalue weighted by molar-refractivity contribution is 6.84. The van der Waals surface area contributed by atoms with E-state index in [9.17, 15) is 5.11 Å². The number of hydrogen-bond donors (Lipinski definition) is 1. The molecule has 0 fully saturated rings. The van der Waals surface area contributed by atoms with Crippen LogP contribution >= 0.6 is 0 Å². The molecule has 2 rings (SSSR count). The van der Waals surface area contributed by atoms with E-state index in [1.54, 1.807) is 6.08 Å². The van der Waals surface area contributed by atoms with E-state index in [1.165, 1.54) is 5.56 Å². The van der Waals surface area contributed by atoms with Gasteiger partial charge in [-0.25, -0.2) is 0 Å². The third kappa shape index (κ3) is 5.73. The molecule has 112 valence electrons. The molecule has 0 aliphatic heterocycles. The Hall–Kier alpha value is -2.08. The van der Waals surface area contributed by atoms with Crippen LogP contribution < -0.4 is 0 Å². The first-order valence-electron chi connectivity index (χ1n) is 7.53. The number of aliphatic hydroxyl groups is 1. The van der Waals surface area contributed by atoms with Gasteiger partial charge in [0.25, 0.3) is 0 Å². The Balaban J connectivity index is 1.97. The van der Waals surface area contributed by atoms with Crippen molar-refractivity contribution in [2.75, 3.05) is 0 Å². The molecule has 2 aromatic carbocycles. The van der Waals surface area contributed by atoms with Gasteiger partial charge in [0.2, 0.25) is 0 Å². The summed E-state index contributed by atoms with van der Waals surface area (Å²) in [6.07, 6.45) is 2.95. The summed E-state index contributed by atoms with van der Waals surface area (Å²) in [6, 6.07) is 21.4. The number of hydrogen-bond acceptors (Lipinski definition) is 1. The summed E-state index contributed by atoms with van der Waals surface area (Å²) in [4.78, 5) is 0. The molecule has 2 heteroatoms. The quantitative estimate of drug-likeness (QED) is 0.666. The van der Waals surface area contributed by atoms with E-state index in [2.05, 4.69) is 48.8 Å². The Kier molecular flexibility index (Phi) is 5.77. The summed E-state index contributed by atoms with van der Waals surface area (Å²) >= 11 is 0. The van der Waals surface area contributed by atoms with Gasteiger partial charge in [-0.1, -0.05) is 85.8 Å². The van der Waals surface area contributed by atoms with Gasteiger partial charge in [-0.3, -0.25) is 0 Å². The first kappa shape index (κ1) is 16.3. The topological polar surface area (TPSA) is 20.2 Å². The van der Waals surface area contributed by atoms with Crippen molar-refractivity contribution < 1.29 is 5.11 Å². The highest BCUT2D eigenvalue weighted by atomic mass is 28.3. The molecule has 0 spiro atoms. The van der Waals surface area contributed by atoms with Crippen molar-refractivity contribution in [3.63, 3.8) is 0 Å². The maximum absolute atomic E-state index is 10.0. The van der Waals surface area contributed by atoms with E-state index in [-0.39, 0.29) is 0 Å². The van der Waals surface area contributed by atoms with Crippen LogP contribution in [0.5, 0.6) is 0 Å². The van der Waals surface area contributed by atoms with E-state index in [4.69, 9.17) is 0 Å². The molecule has 0 amide bonds. The molecule has 22 heavy (non-hydrogen) atoms. The smallest absolute Gasteiger partial charge is 0.136 e. The minimum absolute atomic E-state index is 0.706. The number of benzene rings is 2. The van der Waals surface area contributed by atoms with Crippen molar-refractivity contribution in [2.24, 2.45) is 0 Å². The van der Waals surface area contributed by atoms with Crippen molar-refractivity contribution in [2.45, 2.75) is 25.2 Å². The summed E-state index contributed by atoms with van der Waals surface area (Å²) in [5.74, 6) is 2.99. The van der Waals surface area contributed by atoms with Crippen LogP contribution in [0.4, 0.5) is 0 Å². The molecule has 2 aromatic rings. The normalized spacial score (nSPS) is 12.7. The third-order valence-electron chi connectivity index (χ3n) is 3.32. The second kappa shape index (κ2) is 7.79. The fraction of sp³-hybridized carbons (Fsp3) is 0.200. The Labute approximate surface area is 134 Å². The Morgan fingerprint density at radius 3 is 2.23 bits per heavy atom. The molecule has 0 aromatic heterocycles. The highest BCUT2D eigenvalue weighted by Gasteiger charge is 2.18. The number of rotatable bonds is 4. The maximum atomic E-state index is 10.0. The zero-order valence-corrected chi connectivity index (χ0v) is 14.2. The van der Waals surface area contributed by atoms with Gasteiger partial charge < -0.3 is 5.11 Å². The second-order valence-electron chi connectivity index (χ2n) is 6.03. The van der Waals surface area contributed by atoms with E-state index >= 15 is 0 Å². The maximum Gasteiger partial charge on any atom is 0.136 e. The highest BCUT2D eigenvalue weighted by Crippen LogP contribution is 2.11. The van der Waals surface area contributed by atoms with Crippen LogP contribution in [0.25, 0.3) is 6.08 Å². The van der Waals surface area contributed by atoms with Gasteiger partial charge in [0.15, 0.2) is 0 Å². The van der Waals surface area contributed by atoms with Gasteiger partial charge in [-0.15, -0.1) is 5.54 Å². The van der Waals surface area contributed by atoms with E-state index in [0.29, 0.717) is 0 Å². The molecule has 0 heterocycles. The zero-order chi connectivity index (χ0) is 15.8. The summed E-state index contributed by atoms with van der Waals surface area (Å²) in [5.41, 5.74) is 5.73. The van der Waals surface area contributed by atoms with Gasteiger partial charge in [-0.2, -0.15) is 0 Å². The van der Waals surface area contributed by atoms with Crippen molar-refractivity contribution in [1.29, 1.82) is 0 Å². The van der Waals surface area contributed by atoms with Crippen LogP contribution in [0.15, 0.2) is 66.7 Å². The lowest BCUT2D eigenvalue weighted by Crippen LogP contribution is -2.28. The summed E-state index contributed by atoms with van der Waals surface area (Å²) < 4.78 is 0. The predicted octanol–water partition coefficient (Wildman–Crippen LogP) is 4.09.